The lowest BCUT2D eigenvalue weighted by molar-refractivity contribution is -0.152. The van der Waals surface area contributed by atoms with Crippen molar-refractivity contribution in [2.24, 2.45) is 17.6 Å². The lowest BCUT2D eigenvalue weighted by Gasteiger charge is -2.32. The topological polar surface area (TPSA) is 147 Å². The molecule has 0 unspecified atom stereocenters. The molecule has 0 saturated carbocycles. The fourth-order valence-electron chi connectivity index (χ4n) is 4.31. The normalized spacial score (nSPS) is 14.2. The van der Waals surface area contributed by atoms with Crippen molar-refractivity contribution >= 4 is 27.6 Å². The Morgan fingerprint density at radius 2 is 1.52 bits per heavy atom. The number of hydrogen-bond acceptors (Lipinski definition) is 7. The quantitative estimate of drug-likeness (QED) is 0.333. The van der Waals surface area contributed by atoms with Gasteiger partial charge in [0.1, 0.15) is 11.8 Å². The van der Waals surface area contributed by atoms with Gasteiger partial charge in [-0.25, -0.2) is 8.42 Å². The Balaban J connectivity index is 2.43. The van der Waals surface area contributed by atoms with Crippen LogP contribution in [0.5, 0.6) is 5.75 Å². The molecule has 4 N–H and O–H groups in total. The van der Waals surface area contributed by atoms with Crippen molar-refractivity contribution in [2.75, 3.05) is 0 Å². The molecule has 3 atom stereocenters. The molecule has 218 valence electrons. The van der Waals surface area contributed by atoms with E-state index in [1.54, 1.807) is 30.3 Å². The monoisotopic (exact) mass is 571 g/mol. The van der Waals surface area contributed by atoms with Gasteiger partial charge in [0.2, 0.25) is 17.7 Å². The molecule has 0 aliphatic rings. The summed E-state index contributed by atoms with van der Waals surface area (Å²) >= 11 is 0. The second-order valence-corrected chi connectivity index (χ2v) is 12.6. The van der Waals surface area contributed by atoms with Gasteiger partial charge in [-0.2, -0.15) is 0 Å². The number of sulfone groups is 1. The maximum absolute atomic E-state index is 13.7. The standard InChI is InChI=1S/C30H41N3O6S/c1-20(2)17-27(31)30(37)33(22(5)34)28(18-21(3)4)29(36)32-24(19-23-11-13-25(35)14-12-23)15-16-40(38,39)26-9-7-6-8-10-26/h6-16,20-21,24,27-28,35H,17-19,31H2,1-5H3,(H,32,36)/b16-15+/t24-,27+,28+/m1/s1. The van der Waals surface area contributed by atoms with Crippen molar-refractivity contribution in [2.45, 2.75) is 76.9 Å². The van der Waals surface area contributed by atoms with Crippen LogP contribution in [-0.4, -0.2) is 54.3 Å². The summed E-state index contributed by atoms with van der Waals surface area (Å²) in [6.45, 7) is 8.79. The van der Waals surface area contributed by atoms with E-state index >= 15 is 0 Å². The lowest BCUT2D eigenvalue weighted by Crippen LogP contribution is -2.57. The number of benzene rings is 2. The average molecular weight is 572 g/mol. The molecule has 0 fully saturated rings. The zero-order valence-corrected chi connectivity index (χ0v) is 24.6. The van der Waals surface area contributed by atoms with Gasteiger partial charge >= 0.3 is 0 Å². The Morgan fingerprint density at radius 3 is 2.05 bits per heavy atom. The minimum absolute atomic E-state index is 0.0451. The highest BCUT2D eigenvalue weighted by atomic mass is 32.2. The van der Waals surface area contributed by atoms with Crippen molar-refractivity contribution in [3.05, 3.63) is 71.6 Å². The third-order valence-electron chi connectivity index (χ3n) is 6.21. The van der Waals surface area contributed by atoms with Crippen LogP contribution in [0.2, 0.25) is 0 Å². The minimum Gasteiger partial charge on any atom is -0.508 e. The minimum atomic E-state index is -3.80. The highest BCUT2D eigenvalue weighted by Crippen LogP contribution is 2.18. The number of phenols is 1. The number of carbonyl (C=O) groups excluding carboxylic acids is 3. The third kappa shape index (κ3) is 9.91. The van der Waals surface area contributed by atoms with Crippen molar-refractivity contribution in [3.8, 4) is 5.75 Å². The molecule has 0 radical (unpaired) electrons. The molecule has 0 spiro atoms. The van der Waals surface area contributed by atoms with E-state index in [-0.39, 0.29) is 35.3 Å². The van der Waals surface area contributed by atoms with Gasteiger partial charge in [0, 0.05) is 12.3 Å². The molecule has 2 rings (SSSR count). The number of nitrogens with zero attached hydrogens (tertiary/aromatic N) is 1. The summed E-state index contributed by atoms with van der Waals surface area (Å²) in [5, 5.41) is 13.5. The number of aromatic hydroxyl groups is 1. The average Bonchev–Trinajstić information content (AvgIpc) is 2.87. The first kappa shape index (κ1) is 32.7. The SMILES string of the molecule is CC(=O)N(C(=O)[C@@H](N)CC(C)C)[C@@H](CC(C)C)C(=O)N[C@H](/C=C/S(=O)(=O)c1ccccc1)Cc1ccc(O)cc1. The van der Waals surface area contributed by atoms with Crippen LogP contribution in [0, 0.1) is 11.8 Å². The molecule has 0 aromatic heterocycles. The lowest BCUT2D eigenvalue weighted by atomic mass is 9.97. The molecule has 10 heteroatoms. The van der Waals surface area contributed by atoms with E-state index in [2.05, 4.69) is 5.32 Å². The van der Waals surface area contributed by atoms with Gasteiger partial charge in [-0.05, 0) is 60.9 Å². The first-order chi connectivity index (χ1) is 18.7. The number of hydrogen-bond donors (Lipinski definition) is 3. The predicted molar refractivity (Wildman–Crippen MR) is 155 cm³/mol. The number of carbonyl (C=O) groups is 3. The van der Waals surface area contributed by atoms with Gasteiger partial charge < -0.3 is 16.2 Å². The Bertz CT molecular complexity index is 1270. The summed E-state index contributed by atoms with van der Waals surface area (Å²) in [6, 6.07) is 11.3. The van der Waals surface area contributed by atoms with Crippen LogP contribution >= 0.6 is 0 Å². The van der Waals surface area contributed by atoms with Gasteiger partial charge in [-0.3, -0.25) is 19.3 Å². The van der Waals surface area contributed by atoms with Crippen molar-refractivity contribution in [3.63, 3.8) is 0 Å². The fourth-order valence-corrected chi connectivity index (χ4v) is 5.40. The maximum atomic E-state index is 13.7. The zero-order chi connectivity index (χ0) is 30.0. The first-order valence-electron chi connectivity index (χ1n) is 13.4. The number of nitrogens with one attached hydrogen (secondary N) is 1. The van der Waals surface area contributed by atoms with Gasteiger partial charge in [0.25, 0.3) is 0 Å². The summed E-state index contributed by atoms with van der Waals surface area (Å²) < 4.78 is 25.8. The Hall–Kier alpha value is -3.50. The van der Waals surface area contributed by atoms with Crippen LogP contribution in [0.3, 0.4) is 0 Å². The van der Waals surface area contributed by atoms with E-state index in [0.29, 0.717) is 6.42 Å². The second kappa shape index (κ2) is 14.8. The first-order valence-corrected chi connectivity index (χ1v) is 14.9. The summed E-state index contributed by atoms with van der Waals surface area (Å²) in [4.78, 5) is 40.7. The molecule has 2 aromatic carbocycles. The smallest absolute Gasteiger partial charge is 0.246 e. The van der Waals surface area contributed by atoms with Crippen LogP contribution in [0.4, 0.5) is 0 Å². The molecule has 40 heavy (non-hydrogen) atoms. The molecule has 0 heterocycles. The molecule has 0 bridgehead atoms. The number of imide groups is 1. The van der Waals surface area contributed by atoms with Gasteiger partial charge in [0.15, 0.2) is 9.84 Å². The molecular weight excluding hydrogens is 530 g/mol. The molecule has 0 aliphatic heterocycles. The number of nitrogens with two attached hydrogens (primary N) is 1. The van der Waals surface area contributed by atoms with E-state index in [1.165, 1.54) is 37.3 Å². The highest BCUT2D eigenvalue weighted by Gasteiger charge is 2.36. The van der Waals surface area contributed by atoms with E-state index in [9.17, 15) is 27.9 Å². The molecule has 0 saturated heterocycles. The number of amides is 3. The van der Waals surface area contributed by atoms with Crippen LogP contribution in [0.25, 0.3) is 0 Å². The van der Waals surface area contributed by atoms with Gasteiger partial charge in [-0.15, -0.1) is 0 Å². The summed E-state index contributed by atoms with van der Waals surface area (Å²) in [6.07, 6.45) is 2.12. The van der Waals surface area contributed by atoms with E-state index in [1.807, 2.05) is 27.7 Å². The van der Waals surface area contributed by atoms with Crippen molar-refractivity contribution in [1.29, 1.82) is 0 Å². The van der Waals surface area contributed by atoms with E-state index < -0.39 is 45.7 Å². The second-order valence-electron chi connectivity index (χ2n) is 10.8. The molecule has 9 nitrogen and oxygen atoms in total. The van der Waals surface area contributed by atoms with E-state index in [4.69, 9.17) is 5.73 Å². The fraction of sp³-hybridized carbons (Fsp3) is 0.433. The molecule has 0 aliphatic carbocycles. The molecule has 2 aromatic rings. The van der Waals surface area contributed by atoms with E-state index in [0.717, 1.165) is 15.9 Å². The van der Waals surface area contributed by atoms with Gasteiger partial charge in [-0.1, -0.05) is 64.1 Å². The van der Waals surface area contributed by atoms with Gasteiger partial charge in [0.05, 0.1) is 17.0 Å². The summed E-state index contributed by atoms with van der Waals surface area (Å²) in [5.41, 5.74) is 6.84. The number of phenolic OH excluding ortho intramolecular Hbond substituents is 1. The summed E-state index contributed by atoms with van der Waals surface area (Å²) in [5.74, 6) is -1.69. The third-order valence-corrected chi connectivity index (χ3v) is 7.65. The Labute approximate surface area is 237 Å². The van der Waals surface area contributed by atoms with Crippen molar-refractivity contribution in [1.82, 2.24) is 10.2 Å². The Morgan fingerprint density at radius 1 is 0.950 bits per heavy atom. The molecular formula is C30H41N3O6S. The predicted octanol–water partition coefficient (Wildman–Crippen LogP) is 3.57. The van der Waals surface area contributed by atoms with Crippen molar-refractivity contribution < 1.29 is 27.9 Å². The van der Waals surface area contributed by atoms with Crippen LogP contribution in [-0.2, 0) is 30.6 Å². The highest BCUT2D eigenvalue weighted by molar-refractivity contribution is 7.94. The van der Waals surface area contributed by atoms with Crippen LogP contribution < -0.4 is 11.1 Å². The van der Waals surface area contributed by atoms with Crippen LogP contribution in [0.15, 0.2) is 71.0 Å². The van der Waals surface area contributed by atoms with Crippen LogP contribution in [0.1, 0.15) is 53.0 Å². The zero-order valence-electron chi connectivity index (χ0n) is 23.8. The maximum Gasteiger partial charge on any atom is 0.246 e. The Kier molecular flexibility index (Phi) is 12.1. The largest absolute Gasteiger partial charge is 0.508 e. The summed E-state index contributed by atoms with van der Waals surface area (Å²) in [7, 11) is -3.80. The number of rotatable bonds is 13. The molecule has 3 amide bonds.